The summed E-state index contributed by atoms with van der Waals surface area (Å²) in [5.41, 5.74) is 2.72. The van der Waals surface area contributed by atoms with Crippen LogP contribution in [0, 0.1) is 6.92 Å². The van der Waals surface area contributed by atoms with Crippen LogP contribution in [-0.2, 0) is 16.0 Å². The Morgan fingerprint density at radius 3 is 2.93 bits per heavy atom. The number of carbonyl (C=O) groups is 1. The van der Waals surface area contributed by atoms with Gasteiger partial charge in [-0.1, -0.05) is 6.07 Å². The second-order valence-electron chi connectivity index (χ2n) is 3.68. The zero-order valence-electron chi connectivity index (χ0n) is 8.70. The largest absolute Gasteiger partial charge is 0.506 e. The average molecular weight is 207 g/mol. The summed E-state index contributed by atoms with van der Waals surface area (Å²) in [6, 6.07) is 3.09. The summed E-state index contributed by atoms with van der Waals surface area (Å²) in [5.74, 6) is -0.119. The van der Waals surface area contributed by atoms with Crippen molar-refractivity contribution in [2.24, 2.45) is 0 Å². The van der Waals surface area contributed by atoms with E-state index >= 15 is 0 Å². The molecule has 1 atom stereocenters. The normalized spacial score (nSPS) is 18.1. The number of phenolic OH excluding ortho intramolecular Hbond substituents is 1. The van der Waals surface area contributed by atoms with Gasteiger partial charge in [0.2, 0.25) is 0 Å². The minimum Gasteiger partial charge on any atom is -0.506 e. The molecule has 80 valence electrons. The molecule has 0 amide bonds. The Kier molecular flexibility index (Phi) is 2.26. The third-order valence-electron chi connectivity index (χ3n) is 2.74. The van der Waals surface area contributed by atoms with Gasteiger partial charge in [-0.2, -0.15) is 0 Å². The van der Waals surface area contributed by atoms with Gasteiger partial charge in [-0.15, -0.1) is 0 Å². The van der Waals surface area contributed by atoms with Gasteiger partial charge in [-0.3, -0.25) is 0 Å². The van der Waals surface area contributed by atoms with E-state index in [9.17, 15) is 9.90 Å². The molecule has 2 N–H and O–H groups in total. The van der Waals surface area contributed by atoms with E-state index in [1.54, 1.807) is 6.07 Å². The van der Waals surface area contributed by atoms with Gasteiger partial charge in [0.15, 0.2) is 0 Å². The van der Waals surface area contributed by atoms with E-state index < -0.39 is 0 Å². The predicted molar refractivity (Wildman–Crippen MR) is 56.0 cm³/mol. The van der Waals surface area contributed by atoms with Crippen LogP contribution in [0.1, 0.15) is 11.1 Å². The molecule has 0 fully saturated rings. The molecule has 0 saturated heterocycles. The third-order valence-corrected chi connectivity index (χ3v) is 2.74. The van der Waals surface area contributed by atoms with E-state index in [0.717, 1.165) is 11.1 Å². The van der Waals surface area contributed by atoms with Crippen molar-refractivity contribution in [1.29, 1.82) is 0 Å². The monoisotopic (exact) mass is 207 g/mol. The van der Waals surface area contributed by atoms with E-state index in [2.05, 4.69) is 10.1 Å². The van der Waals surface area contributed by atoms with Crippen molar-refractivity contribution in [2.75, 3.05) is 12.4 Å². The standard InChI is InChI=1S/C11H13NO3/c1-6-3-4-9(13)10-7(6)5-8(12-10)11(14)15-2/h3-4,8,12-13H,5H2,1-2H3. The number of nitrogens with one attached hydrogen (secondary N) is 1. The summed E-state index contributed by atoms with van der Waals surface area (Å²) in [5, 5.41) is 12.6. The summed E-state index contributed by atoms with van der Waals surface area (Å²) in [4.78, 5) is 11.3. The zero-order chi connectivity index (χ0) is 11.0. The van der Waals surface area contributed by atoms with Crippen LogP contribution in [0.15, 0.2) is 12.1 Å². The molecule has 0 saturated carbocycles. The van der Waals surface area contributed by atoms with Gasteiger partial charge in [0, 0.05) is 6.42 Å². The van der Waals surface area contributed by atoms with E-state index in [0.29, 0.717) is 12.1 Å². The van der Waals surface area contributed by atoms with Crippen LogP contribution in [0.25, 0.3) is 0 Å². The number of rotatable bonds is 1. The maximum Gasteiger partial charge on any atom is 0.328 e. The van der Waals surface area contributed by atoms with Gasteiger partial charge < -0.3 is 15.2 Å². The first kappa shape index (κ1) is 9.83. The lowest BCUT2D eigenvalue weighted by Crippen LogP contribution is -2.28. The highest BCUT2D eigenvalue weighted by molar-refractivity contribution is 5.84. The lowest BCUT2D eigenvalue weighted by atomic mass is 10.0. The molecule has 1 aromatic carbocycles. The van der Waals surface area contributed by atoms with E-state index in [-0.39, 0.29) is 17.8 Å². The molecule has 0 bridgehead atoms. The highest BCUT2D eigenvalue weighted by atomic mass is 16.5. The SMILES string of the molecule is COC(=O)C1Cc2c(C)ccc(O)c2N1. The lowest BCUT2D eigenvalue weighted by Gasteiger charge is -2.08. The molecule has 1 aliphatic heterocycles. The van der Waals surface area contributed by atoms with E-state index in [4.69, 9.17) is 0 Å². The van der Waals surface area contributed by atoms with Gasteiger partial charge >= 0.3 is 5.97 Å². The number of hydrogen-bond donors (Lipinski definition) is 2. The van der Waals surface area contributed by atoms with Crippen LogP contribution >= 0.6 is 0 Å². The summed E-state index contributed by atoms with van der Waals surface area (Å²) in [6.45, 7) is 1.96. The Hall–Kier alpha value is -1.71. The number of hydrogen-bond acceptors (Lipinski definition) is 4. The first-order valence-corrected chi connectivity index (χ1v) is 4.79. The summed E-state index contributed by atoms with van der Waals surface area (Å²) in [7, 11) is 1.36. The highest BCUT2D eigenvalue weighted by Crippen LogP contribution is 2.36. The number of benzene rings is 1. The first-order chi connectivity index (χ1) is 7.13. The van der Waals surface area contributed by atoms with E-state index in [1.807, 2.05) is 13.0 Å². The van der Waals surface area contributed by atoms with Gasteiger partial charge in [0.1, 0.15) is 11.8 Å². The number of fused-ring (bicyclic) bond motifs is 1. The molecule has 2 rings (SSSR count). The van der Waals surface area contributed by atoms with Crippen molar-refractivity contribution in [1.82, 2.24) is 0 Å². The number of aryl methyl sites for hydroxylation is 1. The Bertz CT molecular complexity index is 384. The molecule has 15 heavy (non-hydrogen) atoms. The fourth-order valence-corrected chi connectivity index (χ4v) is 1.88. The molecule has 0 aromatic heterocycles. The Morgan fingerprint density at radius 2 is 2.33 bits per heavy atom. The fraction of sp³-hybridized carbons (Fsp3) is 0.364. The van der Waals surface area contributed by atoms with Crippen LogP contribution in [0.4, 0.5) is 5.69 Å². The quantitative estimate of drug-likeness (QED) is 0.537. The van der Waals surface area contributed by atoms with Crippen LogP contribution in [0.3, 0.4) is 0 Å². The number of ether oxygens (including phenoxy) is 1. The molecule has 4 nitrogen and oxygen atoms in total. The molecule has 1 aliphatic rings. The maximum absolute atomic E-state index is 11.3. The summed E-state index contributed by atoms with van der Waals surface area (Å²) >= 11 is 0. The number of esters is 1. The van der Waals surface area contributed by atoms with Crippen LogP contribution in [0.5, 0.6) is 5.75 Å². The Balaban J connectivity index is 2.34. The molecule has 1 unspecified atom stereocenters. The van der Waals surface area contributed by atoms with Crippen molar-refractivity contribution < 1.29 is 14.6 Å². The number of anilines is 1. The smallest absolute Gasteiger partial charge is 0.328 e. The van der Waals surface area contributed by atoms with Crippen molar-refractivity contribution in [3.8, 4) is 5.75 Å². The summed E-state index contributed by atoms with van der Waals surface area (Å²) < 4.78 is 4.66. The summed E-state index contributed by atoms with van der Waals surface area (Å²) in [6.07, 6.45) is 0.572. The lowest BCUT2D eigenvalue weighted by molar-refractivity contribution is -0.141. The molecular formula is C11H13NO3. The molecule has 0 radical (unpaired) electrons. The molecule has 1 aromatic rings. The first-order valence-electron chi connectivity index (χ1n) is 4.79. The van der Waals surface area contributed by atoms with Gasteiger partial charge in [0.25, 0.3) is 0 Å². The Labute approximate surface area is 87.9 Å². The number of phenols is 1. The predicted octanol–water partition coefficient (Wildman–Crippen LogP) is 1.21. The van der Waals surface area contributed by atoms with Crippen molar-refractivity contribution in [3.05, 3.63) is 23.3 Å². The molecular weight excluding hydrogens is 194 g/mol. The van der Waals surface area contributed by atoms with Crippen LogP contribution < -0.4 is 5.32 Å². The zero-order valence-corrected chi connectivity index (χ0v) is 8.70. The third kappa shape index (κ3) is 1.52. The second kappa shape index (κ2) is 3.46. The minimum atomic E-state index is -0.378. The van der Waals surface area contributed by atoms with Gasteiger partial charge in [0.05, 0.1) is 12.8 Å². The van der Waals surface area contributed by atoms with Gasteiger partial charge in [-0.05, 0) is 24.1 Å². The second-order valence-corrected chi connectivity index (χ2v) is 3.68. The Morgan fingerprint density at radius 1 is 1.60 bits per heavy atom. The van der Waals surface area contributed by atoms with Crippen LogP contribution in [-0.4, -0.2) is 24.2 Å². The number of aromatic hydroxyl groups is 1. The minimum absolute atomic E-state index is 0.182. The topological polar surface area (TPSA) is 58.6 Å². The molecule has 4 heteroatoms. The maximum atomic E-state index is 11.3. The average Bonchev–Trinajstić information content (AvgIpc) is 2.68. The van der Waals surface area contributed by atoms with Gasteiger partial charge in [-0.25, -0.2) is 4.79 Å². The molecule has 0 spiro atoms. The molecule has 1 heterocycles. The van der Waals surface area contributed by atoms with E-state index in [1.165, 1.54) is 7.11 Å². The number of methoxy groups -OCH3 is 1. The van der Waals surface area contributed by atoms with Crippen molar-refractivity contribution in [3.63, 3.8) is 0 Å². The fourth-order valence-electron chi connectivity index (χ4n) is 1.88. The number of carbonyl (C=O) groups excluding carboxylic acids is 1. The van der Waals surface area contributed by atoms with Crippen molar-refractivity contribution in [2.45, 2.75) is 19.4 Å². The highest BCUT2D eigenvalue weighted by Gasteiger charge is 2.30. The van der Waals surface area contributed by atoms with Crippen molar-refractivity contribution >= 4 is 11.7 Å². The van der Waals surface area contributed by atoms with Crippen LogP contribution in [0.2, 0.25) is 0 Å². The molecule has 0 aliphatic carbocycles.